The summed E-state index contributed by atoms with van der Waals surface area (Å²) in [7, 11) is 4.07. The molecule has 0 bridgehead atoms. The third-order valence-corrected chi connectivity index (χ3v) is 2.39. The highest BCUT2D eigenvalue weighted by Crippen LogP contribution is 2.20. The Bertz CT molecular complexity index is 440. The summed E-state index contributed by atoms with van der Waals surface area (Å²) < 4.78 is 0. The molecule has 1 N–H and O–H groups in total. The average Bonchev–Trinajstić information content (AvgIpc) is 2.65. The smallest absolute Gasteiger partial charge is 0.0923 e. The first-order chi connectivity index (χ1) is 7.16. The summed E-state index contributed by atoms with van der Waals surface area (Å²) in [6, 6.07) is 10.4. The maximum atomic E-state index is 4.22. The lowest BCUT2D eigenvalue weighted by Crippen LogP contribution is -2.07. The van der Waals surface area contributed by atoms with E-state index in [4.69, 9.17) is 0 Å². The van der Waals surface area contributed by atoms with Gasteiger partial charge in [0.05, 0.1) is 5.69 Å². The molecular weight excluding hydrogens is 186 g/mol. The van der Waals surface area contributed by atoms with Gasteiger partial charge in [-0.25, -0.2) is 0 Å². The van der Waals surface area contributed by atoms with Crippen LogP contribution in [0.1, 0.15) is 5.69 Å². The second-order valence-electron chi connectivity index (χ2n) is 3.88. The number of aromatic nitrogens is 2. The molecule has 1 heterocycles. The molecule has 2 aromatic rings. The molecule has 2 rings (SSSR count). The van der Waals surface area contributed by atoms with E-state index in [1.807, 2.05) is 27.1 Å². The van der Waals surface area contributed by atoms with E-state index >= 15 is 0 Å². The minimum atomic E-state index is 0.998. The lowest BCUT2D eigenvalue weighted by atomic mass is 10.1. The van der Waals surface area contributed by atoms with Crippen LogP contribution in [0.15, 0.2) is 30.3 Å². The number of nitrogens with one attached hydrogen (secondary N) is 1. The molecule has 0 spiro atoms. The maximum Gasteiger partial charge on any atom is 0.0923 e. The Morgan fingerprint density at radius 2 is 1.80 bits per heavy atom. The molecule has 0 aliphatic rings. The topological polar surface area (TPSA) is 31.9 Å². The van der Waals surface area contributed by atoms with Crippen molar-refractivity contribution in [3.05, 3.63) is 36.0 Å². The van der Waals surface area contributed by atoms with Gasteiger partial charge in [0.15, 0.2) is 0 Å². The van der Waals surface area contributed by atoms with Gasteiger partial charge in [0, 0.05) is 31.0 Å². The van der Waals surface area contributed by atoms with Crippen LogP contribution in [0.5, 0.6) is 0 Å². The molecule has 0 unspecified atom stereocenters. The molecule has 3 heteroatoms. The molecule has 0 saturated carbocycles. The van der Waals surface area contributed by atoms with Crippen LogP contribution in [0.25, 0.3) is 11.3 Å². The van der Waals surface area contributed by atoms with E-state index in [1.165, 1.54) is 5.69 Å². The fourth-order valence-corrected chi connectivity index (χ4v) is 1.50. The number of anilines is 1. The molecule has 1 aromatic carbocycles. The minimum Gasteiger partial charge on any atom is -0.378 e. The molecular formula is C12H15N3. The van der Waals surface area contributed by atoms with Gasteiger partial charge in [-0.3, -0.25) is 5.10 Å². The van der Waals surface area contributed by atoms with Gasteiger partial charge in [0.25, 0.3) is 0 Å². The fraction of sp³-hybridized carbons (Fsp3) is 0.250. The van der Waals surface area contributed by atoms with Crippen molar-refractivity contribution in [3.63, 3.8) is 0 Å². The van der Waals surface area contributed by atoms with Gasteiger partial charge >= 0.3 is 0 Å². The van der Waals surface area contributed by atoms with Crippen molar-refractivity contribution in [2.75, 3.05) is 19.0 Å². The summed E-state index contributed by atoms with van der Waals surface area (Å²) in [6.07, 6.45) is 0. The Labute approximate surface area is 89.7 Å². The molecule has 78 valence electrons. The van der Waals surface area contributed by atoms with Gasteiger partial charge in [-0.15, -0.1) is 0 Å². The van der Waals surface area contributed by atoms with Crippen LogP contribution < -0.4 is 4.90 Å². The second-order valence-corrected chi connectivity index (χ2v) is 3.88. The van der Waals surface area contributed by atoms with Gasteiger partial charge in [0.1, 0.15) is 0 Å². The van der Waals surface area contributed by atoms with E-state index in [0.29, 0.717) is 0 Å². The zero-order valence-corrected chi connectivity index (χ0v) is 9.28. The summed E-state index contributed by atoms with van der Waals surface area (Å²) in [5, 5.41) is 7.17. The Balaban J connectivity index is 2.31. The van der Waals surface area contributed by atoms with E-state index in [0.717, 1.165) is 17.0 Å². The van der Waals surface area contributed by atoms with E-state index in [9.17, 15) is 0 Å². The number of hydrogen-bond acceptors (Lipinski definition) is 2. The molecule has 0 amide bonds. The molecule has 0 saturated heterocycles. The monoisotopic (exact) mass is 201 g/mol. The Kier molecular flexibility index (Phi) is 2.46. The first kappa shape index (κ1) is 9.77. The first-order valence-electron chi connectivity index (χ1n) is 4.96. The normalized spacial score (nSPS) is 10.3. The van der Waals surface area contributed by atoms with Crippen LogP contribution in [0, 0.1) is 6.92 Å². The number of nitrogens with zero attached hydrogens (tertiary/aromatic N) is 2. The van der Waals surface area contributed by atoms with Crippen LogP contribution >= 0.6 is 0 Å². The number of H-pyrrole nitrogens is 1. The number of aryl methyl sites for hydroxylation is 1. The maximum absolute atomic E-state index is 4.22. The largest absolute Gasteiger partial charge is 0.378 e. The Morgan fingerprint density at radius 1 is 1.13 bits per heavy atom. The van der Waals surface area contributed by atoms with Gasteiger partial charge in [0.2, 0.25) is 0 Å². The van der Waals surface area contributed by atoms with Crippen LogP contribution in [0.2, 0.25) is 0 Å². The third-order valence-electron chi connectivity index (χ3n) is 2.39. The summed E-state index contributed by atoms with van der Waals surface area (Å²) in [6.45, 7) is 2.00. The summed E-state index contributed by atoms with van der Waals surface area (Å²) in [5.74, 6) is 0. The molecule has 0 atom stereocenters. The summed E-state index contributed by atoms with van der Waals surface area (Å²) in [4.78, 5) is 2.08. The van der Waals surface area contributed by atoms with Crippen molar-refractivity contribution in [3.8, 4) is 11.3 Å². The Morgan fingerprint density at radius 3 is 2.27 bits per heavy atom. The van der Waals surface area contributed by atoms with Gasteiger partial charge in [-0.2, -0.15) is 5.10 Å². The van der Waals surface area contributed by atoms with Crippen molar-refractivity contribution in [1.82, 2.24) is 10.2 Å². The van der Waals surface area contributed by atoms with Crippen molar-refractivity contribution in [1.29, 1.82) is 0 Å². The lowest BCUT2D eigenvalue weighted by Gasteiger charge is -2.11. The summed E-state index contributed by atoms with van der Waals surface area (Å²) in [5.41, 5.74) is 4.43. The fourth-order valence-electron chi connectivity index (χ4n) is 1.50. The van der Waals surface area contributed by atoms with Gasteiger partial charge in [-0.05, 0) is 25.1 Å². The molecule has 3 nitrogen and oxygen atoms in total. The molecule has 15 heavy (non-hydrogen) atoms. The van der Waals surface area contributed by atoms with Crippen LogP contribution in [0.4, 0.5) is 5.69 Å². The number of rotatable bonds is 2. The van der Waals surface area contributed by atoms with E-state index < -0.39 is 0 Å². The van der Waals surface area contributed by atoms with E-state index in [2.05, 4.69) is 39.4 Å². The first-order valence-corrected chi connectivity index (χ1v) is 4.96. The molecule has 0 radical (unpaired) electrons. The zero-order valence-electron chi connectivity index (χ0n) is 9.28. The number of hydrogen-bond donors (Lipinski definition) is 1. The quantitative estimate of drug-likeness (QED) is 0.809. The summed E-state index contributed by atoms with van der Waals surface area (Å²) >= 11 is 0. The third kappa shape index (κ3) is 2.01. The molecule has 0 fully saturated rings. The highest BCUT2D eigenvalue weighted by molar-refractivity contribution is 5.63. The van der Waals surface area contributed by atoms with Crippen molar-refractivity contribution < 1.29 is 0 Å². The molecule has 1 aromatic heterocycles. The van der Waals surface area contributed by atoms with Crippen molar-refractivity contribution in [2.24, 2.45) is 0 Å². The van der Waals surface area contributed by atoms with Crippen molar-refractivity contribution in [2.45, 2.75) is 6.92 Å². The highest BCUT2D eigenvalue weighted by atomic mass is 15.1. The predicted molar refractivity (Wildman–Crippen MR) is 63.1 cm³/mol. The van der Waals surface area contributed by atoms with Crippen LogP contribution in [-0.2, 0) is 0 Å². The van der Waals surface area contributed by atoms with Crippen molar-refractivity contribution >= 4 is 5.69 Å². The zero-order chi connectivity index (χ0) is 10.8. The number of benzene rings is 1. The number of aromatic amines is 1. The molecule has 0 aliphatic carbocycles. The van der Waals surface area contributed by atoms with Gasteiger partial charge in [-0.1, -0.05) is 12.1 Å². The van der Waals surface area contributed by atoms with Crippen LogP contribution in [0.3, 0.4) is 0 Å². The lowest BCUT2D eigenvalue weighted by molar-refractivity contribution is 1.05. The van der Waals surface area contributed by atoms with Crippen LogP contribution in [-0.4, -0.2) is 24.3 Å². The van der Waals surface area contributed by atoms with E-state index in [1.54, 1.807) is 0 Å². The Hall–Kier alpha value is -1.77. The van der Waals surface area contributed by atoms with E-state index in [-0.39, 0.29) is 0 Å². The SMILES string of the molecule is Cc1cc(-c2ccc(N(C)C)cc2)n[nH]1. The minimum absolute atomic E-state index is 0.998. The highest BCUT2D eigenvalue weighted by Gasteiger charge is 2.01. The standard InChI is InChI=1S/C12H15N3/c1-9-8-12(14-13-9)10-4-6-11(7-5-10)15(2)3/h4-8H,1-3H3,(H,13,14). The van der Waals surface area contributed by atoms with Gasteiger partial charge < -0.3 is 4.90 Å². The molecule has 0 aliphatic heterocycles. The second kappa shape index (κ2) is 3.77. The predicted octanol–water partition coefficient (Wildman–Crippen LogP) is 2.45. The average molecular weight is 201 g/mol.